The average Bonchev–Trinajstić information content (AvgIpc) is 3.24. The Morgan fingerprint density at radius 3 is 2.77 bits per heavy atom. The van der Waals surface area contributed by atoms with E-state index < -0.39 is 0 Å². The summed E-state index contributed by atoms with van der Waals surface area (Å²) in [6, 6.07) is 7.11. The second-order valence-corrected chi connectivity index (χ2v) is 7.36. The standard InChI is InChI=1S/C19H21ClN4O2/c20-15-3-5-16(6-4-15)24-12-14(11-17(24)25)19(26)22-8-10-23-9-7-21-18(23)13-1-2-13/h3-7,9,13-14H,1-2,8,10-12H2,(H,22,26). The molecular formula is C19H21ClN4O2. The third kappa shape index (κ3) is 3.60. The fourth-order valence-electron chi connectivity index (χ4n) is 3.41. The van der Waals surface area contributed by atoms with Crippen LogP contribution in [0.4, 0.5) is 5.69 Å². The van der Waals surface area contributed by atoms with Crippen molar-refractivity contribution < 1.29 is 9.59 Å². The predicted molar refractivity (Wildman–Crippen MR) is 99.1 cm³/mol. The number of amides is 2. The van der Waals surface area contributed by atoms with Gasteiger partial charge in [0.25, 0.3) is 0 Å². The van der Waals surface area contributed by atoms with Crippen LogP contribution in [-0.4, -0.2) is 34.5 Å². The lowest BCUT2D eigenvalue weighted by atomic mass is 10.1. The van der Waals surface area contributed by atoms with E-state index in [9.17, 15) is 9.59 Å². The van der Waals surface area contributed by atoms with Crippen LogP contribution in [0.2, 0.25) is 5.02 Å². The number of halogens is 1. The Hall–Kier alpha value is -2.34. The van der Waals surface area contributed by atoms with Gasteiger partial charge in [0.15, 0.2) is 0 Å². The van der Waals surface area contributed by atoms with Crippen LogP contribution < -0.4 is 10.2 Å². The molecule has 136 valence electrons. The Balaban J connectivity index is 1.30. The van der Waals surface area contributed by atoms with Crippen molar-refractivity contribution in [2.45, 2.75) is 31.7 Å². The molecule has 1 aliphatic heterocycles. The van der Waals surface area contributed by atoms with Crippen molar-refractivity contribution in [1.29, 1.82) is 0 Å². The second kappa shape index (κ2) is 7.11. The summed E-state index contributed by atoms with van der Waals surface area (Å²) in [5.41, 5.74) is 0.780. The van der Waals surface area contributed by atoms with Gasteiger partial charge in [0.1, 0.15) is 5.82 Å². The van der Waals surface area contributed by atoms with Crippen LogP contribution in [-0.2, 0) is 16.1 Å². The largest absolute Gasteiger partial charge is 0.354 e. The van der Waals surface area contributed by atoms with Crippen LogP contribution in [0.3, 0.4) is 0 Å². The van der Waals surface area contributed by atoms with Gasteiger partial charge in [-0.1, -0.05) is 11.6 Å². The van der Waals surface area contributed by atoms with Crippen molar-refractivity contribution in [3.05, 3.63) is 47.5 Å². The van der Waals surface area contributed by atoms with E-state index in [1.54, 1.807) is 29.2 Å². The van der Waals surface area contributed by atoms with E-state index >= 15 is 0 Å². The number of aromatic nitrogens is 2. The highest BCUT2D eigenvalue weighted by atomic mass is 35.5. The fraction of sp³-hybridized carbons (Fsp3) is 0.421. The third-order valence-electron chi connectivity index (χ3n) is 4.98. The van der Waals surface area contributed by atoms with Gasteiger partial charge in [0.05, 0.1) is 5.92 Å². The molecule has 2 aliphatic rings. The van der Waals surface area contributed by atoms with Crippen molar-refractivity contribution in [2.75, 3.05) is 18.0 Å². The van der Waals surface area contributed by atoms with Gasteiger partial charge in [-0.3, -0.25) is 9.59 Å². The summed E-state index contributed by atoms with van der Waals surface area (Å²) in [5, 5.41) is 3.59. The zero-order valence-electron chi connectivity index (χ0n) is 14.4. The molecule has 1 N–H and O–H groups in total. The minimum atomic E-state index is -0.316. The van der Waals surface area contributed by atoms with Gasteiger partial charge in [0, 0.05) is 55.1 Å². The predicted octanol–water partition coefficient (Wildman–Crippen LogP) is 2.58. The topological polar surface area (TPSA) is 67.2 Å². The van der Waals surface area contributed by atoms with E-state index in [-0.39, 0.29) is 24.2 Å². The molecule has 2 aromatic rings. The number of nitrogens with one attached hydrogen (secondary N) is 1. The first kappa shape index (κ1) is 17.1. The molecule has 26 heavy (non-hydrogen) atoms. The minimum Gasteiger partial charge on any atom is -0.354 e. The molecule has 2 amide bonds. The summed E-state index contributed by atoms with van der Waals surface area (Å²) in [6.07, 6.45) is 6.42. The first-order valence-corrected chi connectivity index (χ1v) is 9.34. The molecule has 1 unspecified atom stereocenters. The third-order valence-corrected chi connectivity index (χ3v) is 5.23. The lowest BCUT2D eigenvalue weighted by molar-refractivity contribution is -0.126. The van der Waals surface area contributed by atoms with Crippen molar-refractivity contribution in [1.82, 2.24) is 14.9 Å². The molecule has 1 aromatic heterocycles. The van der Waals surface area contributed by atoms with Crippen molar-refractivity contribution in [3.63, 3.8) is 0 Å². The summed E-state index contributed by atoms with van der Waals surface area (Å²) >= 11 is 5.89. The minimum absolute atomic E-state index is 0.0295. The highest BCUT2D eigenvalue weighted by molar-refractivity contribution is 6.30. The molecule has 0 radical (unpaired) electrons. The Morgan fingerprint density at radius 2 is 2.04 bits per heavy atom. The summed E-state index contributed by atoms with van der Waals surface area (Å²) in [6.45, 7) is 1.66. The maximum Gasteiger partial charge on any atom is 0.227 e. The molecule has 2 heterocycles. The molecule has 1 saturated carbocycles. The quantitative estimate of drug-likeness (QED) is 0.847. The number of rotatable bonds is 6. The molecule has 1 aromatic carbocycles. The molecule has 1 saturated heterocycles. The van der Waals surface area contributed by atoms with Gasteiger partial charge in [-0.2, -0.15) is 0 Å². The number of carbonyl (C=O) groups excluding carboxylic acids is 2. The van der Waals surface area contributed by atoms with Gasteiger partial charge in [-0.05, 0) is 37.1 Å². The van der Waals surface area contributed by atoms with Gasteiger partial charge < -0.3 is 14.8 Å². The number of hydrogen-bond acceptors (Lipinski definition) is 3. The number of carbonyl (C=O) groups is 2. The molecule has 4 rings (SSSR count). The van der Waals surface area contributed by atoms with Crippen LogP contribution >= 0.6 is 11.6 Å². The van der Waals surface area contributed by atoms with Crippen LogP contribution in [0.5, 0.6) is 0 Å². The second-order valence-electron chi connectivity index (χ2n) is 6.93. The van der Waals surface area contributed by atoms with Gasteiger partial charge >= 0.3 is 0 Å². The zero-order valence-corrected chi connectivity index (χ0v) is 15.2. The molecule has 2 fully saturated rings. The molecular weight excluding hydrogens is 352 g/mol. The average molecular weight is 373 g/mol. The summed E-state index contributed by atoms with van der Waals surface area (Å²) in [4.78, 5) is 30.8. The Kier molecular flexibility index (Phi) is 4.68. The highest BCUT2D eigenvalue weighted by Crippen LogP contribution is 2.38. The maximum absolute atomic E-state index is 12.4. The zero-order chi connectivity index (χ0) is 18.1. The van der Waals surface area contributed by atoms with E-state index in [0.717, 1.165) is 11.5 Å². The molecule has 1 atom stereocenters. The van der Waals surface area contributed by atoms with E-state index in [1.807, 2.05) is 12.4 Å². The summed E-state index contributed by atoms with van der Waals surface area (Å²) < 4.78 is 2.11. The SMILES string of the molecule is O=C(NCCn1ccnc1C1CC1)C1CC(=O)N(c2ccc(Cl)cc2)C1. The molecule has 1 aliphatic carbocycles. The van der Waals surface area contributed by atoms with E-state index in [1.165, 1.54) is 12.8 Å². The number of anilines is 1. The molecule has 6 nitrogen and oxygen atoms in total. The summed E-state index contributed by atoms with van der Waals surface area (Å²) in [5.74, 6) is 1.29. The van der Waals surface area contributed by atoms with Gasteiger partial charge in [0.2, 0.25) is 11.8 Å². The van der Waals surface area contributed by atoms with Crippen LogP contribution in [0, 0.1) is 5.92 Å². The lowest BCUT2D eigenvalue weighted by Gasteiger charge is -2.17. The van der Waals surface area contributed by atoms with Gasteiger partial charge in [-0.15, -0.1) is 0 Å². The number of benzene rings is 1. The van der Waals surface area contributed by atoms with Crippen molar-refractivity contribution >= 4 is 29.1 Å². The fourth-order valence-corrected chi connectivity index (χ4v) is 3.53. The summed E-state index contributed by atoms with van der Waals surface area (Å²) in [7, 11) is 0. The number of imidazole rings is 1. The molecule has 0 spiro atoms. The van der Waals surface area contributed by atoms with Crippen molar-refractivity contribution in [3.8, 4) is 0 Å². The van der Waals surface area contributed by atoms with E-state index in [4.69, 9.17) is 11.6 Å². The first-order chi connectivity index (χ1) is 12.6. The Labute approximate surface area is 157 Å². The smallest absolute Gasteiger partial charge is 0.227 e. The monoisotopic (exact) mass is 372 g/mol. The normalized spacial score (nSPS) is 19.8. The Morgan fingerprint density at radius 1 is 1.27 bits per heavy atom. The highest BCUT2D eigenvalue weighted by Gasteiger charge is 2.35. The van der Waals surface area contributed by atoms with Crippen LogP contribution in [0.25, 0.3) is 0 Å². The lowest BCUT2D eigenvalue weighted by Crippen LogP contribution is -2.34. The van der Waals surface area contributed by atoms with E-state index in [0.29, 0.717) is 30.6 Å². The molecule has 0 bridgehead atoms. The number of hydrogen-bond donors (Lipinski definition) is 1. The Bertz CT molecular complexity index is 813. The maximum atomic E-state index is 12.4. The van der Waals surface area contributed by atoms with Gasteiger partial charge in [-0.25, -0.2) is 4.98 Å². The van der Waals surface area contributed by atoms with Crippen molar-refractivity contribution in [2.24, 2.45) is 5.92 Å². The van der Waals surface area contributed by atoms with Crippen LogP contribution in [0.15, 0.2) is 36.7 Å². The van der Waals surface area contributed by atoms with Crippen LogP contribution in [0.1, 0.15) is 31.0 Å². The number of nitrogens with zero attached hydrogens (tertiary/aromatic N) is 3. The first-order valence-electron chi connectivity index (χ1n) is 8.96. The van der Waals surface area contributed by atoms with E-state index in [2.05, 4.69) is 14.9 Å². The molecule has 7 heteroatoms.